The van der Waals surface area contributed by atoms with E-state index in [1.54, 1.807) is 6.07 Å². The molecular formula is C9H4ClFIN. The molecule has 0 bridgehead atoms. The molecule has 2 aromatic rings. The number of hydrogen-bond donors (Lipinski definition) is 0. The number of aromatic nitrogens is 1. The molecule has 0 atom stereocenters. The second-order valence-electron chi connectivity index (χ2n) is 2.55. The molecule has 0 aliphatic heterocycles. The Hall–Kier alpha value is -0.420. The lowest BCUT2D eigenvalue weighted by Crippen LogP contribution is -1.90. The van der Waals surface area contributed by atoms with Crippen molar-refractivity contribution in [2.24, 2.45) is 0 Å². The summed E-state index contributed by atoms with van der Waals surface area (Å²) in [6.07, 6.45) is 0. The lowest BCUT2D eigenvalue weighted by Gasteiger charge is -2.01. The van der Waals surface area contributed by atoms with Crippen LogP contribution in [0, 0.1) is 9.52 Å². The molecule has 0 saturated carbocycles. The Morgan fingerprint density at radius 3 is 2.77 bits per heavy atom. The molecule has 0 aliphatic carbocycles. The molecule has 0 radical (unpaired) electrons. The maximum Gasteiger partial charge on any atom is 0.174 e. The fourth-order valence-corrected chi connectivity index (χ4v) is 2.06. The summed E-state index contributed by atoms with van der Waals surface area (Å²) in [6, 6.07) is 7.22. The monoisotopic (exact) mass is 307 g/mol. The third kappa shape index (κ3) is 1.50. The van der Waals surface area contributed by atoms with Crippen LogP contribution in [0.3, 0.4) is 0 Å². The summed E-state index contributed by atoms with van der Waals surface area (Å²) < 4.78 is 13.6. The van der Waals surface area contributed by atoms with Crippen LogP contribution in [0.4, 0.5) is 4.39 Å². The number of hydrogen-bond acceptors (Lipinski definition) is 1. The molecule has 2 rings (SSSR count). The summed E-state index contributed by atoms with van der Waals surface area (Å²) in [5.74, 6) is -0.444. The van der Waals surface area contributed by atoms with Crippen LogP contribution in [0.2, 0.25) is 5.02 Å². The van der Waals surface area contributed by atoms with E-state index in [0.29, 0.717) is 9.09 Å². The van der Waals surface area contributed by atoms with Crippen molar-refractivity contribution in [2.75, 3.05) is 0 Å². The molecule has 1 aromatic carbocycles. The zero-order valence-corrected chi connectivity index (χ0v) is 9.30. The van der Waals surface area contributed by atoms with Crippen molar-refractivity contribution >= 4 is 45.1 Å². The summed E-state index contributed by atoms with van der Waals surface area (Å²) in [7, 11) is 0. The summed E-state index contributed by atoms with van der Waals surface area (Å²) in [4.78, 5) is 4.06. The van der Waals surface area contributed by atoms with Crippen molar-refractivity contribution in [1.82, 2.24) is 4.98 Å². The van der Waals surface area contributed by atoms with Gasteiger partial charge in [0, 0.05) is 5.39 Å². The van der Waals surface area contributed by atoms with Crippen molar-refractivity contribution in [2.45, 2.75) is 0 Å². The number of pyridine rings is 1. The molecule has 0 spiro atoms. The highest BCUT2D eigenvalue weighted by Crippen LogP contribution is 2.27. The Morgan fingerprint density at radius 2 is 2.00 bits per heavy atom. The number of rotatable bonds is 0. The Bertz CT molecular complexity index is 472. The van der Waals surface area contributed by atoms with Crippen molar-refractivity contribution in [1.29, 1.82) is 0 Å². The zero-order valence-electron chi connectivity index (χ0n) is 6.39. The van der Waals surface area contributed by atoms with Gasteiger partial charge in [-0.15, -0.1) is 0 Å². The third-order valence-corrected chi connectivity index (χ3v) is 2.82. The van der Waals surface area contributed by atoms with Crippen molar-refractivity contribution in [3.8, 4) is 0 Å². The van der Waals surface area contributed by atoms with Crippen LogP contribution in [0.5, 0.6) is 0 Å². The molecule has 0 aliphatic rings. The average Bonchev–Trinajstić information content (AvgIpc) is 2.15. The maximum atomic E-state index is 13.3. The molecule has 13 heavy (non-hydrogen) atoms. The van der Waals surface area contributed by atoms with Gasteiger partial charge >= 0.3 is 0 Å². The van der Waals surface area contributed by atoms with Crippen LogP contribution in [0.25, 0.3) is 10.9 Å². The van der Waals surface area contributed by atoms with E-state index >= 15 is 0 Å². The molecule has 4 heteroatoms. The molecule has 1 heterocycles. The highest BCUT2D eigenvalue weighted by Gasteiger charge is 2.10. The topological polar surface area (TPSA) is 12.9 Å². The molecule has 0 amide bonds. The number of halogens is 3. The fourth-order valence-electron chi connectivity index (χ4n) is 1.12. The van der Waals surface area contributed by atoms with Crippen LogP contribution in [0.15, 0.2) is 24.3 Å². The van der Waals surface area contributed by atoms with E-state index in [2.05, 4.69) is 4.98 Å². The van der Waals surface area contributed by atoms with Crippen molar-refractivity contribution < 1.29 is 4.39 Å². The van der Waals surface area contributed by atoms with E-state index in [9.17, 15) is 4.39 Å². The fraction of sp³-hybridized carbons (Fsp3) is 0. The Balaban J connectivity index is 2.94. The van der Waals surface area contributed by atoms with Crippen molar-refractivity contribution in [3.05, 3.63) is 38.8 Å². The van der Waals surface area contributed by atoms with Gasteiger partial charge in [0.05, 0.1) is 10.5 Å². The van der Waals surface area contributed by atoms with Crippen molar-refractivity contribution in [3.63, 3.8) is 0 Å². The summed E-state index contributed by atoms with van der Waals surface area (Å²) in [5, 5.41) is 0.803. The van der Waals surface area contributed by atoms with Gasteiger partial charge in [-0.25, -0.2) is 9.37 Å². The van der Waals surface area contributed by atoms with Gasteiger partial charge in [0.2, 0.25) is 0 Å². The second kappa shape index (κ2) is 3.38. The number of fused-ring (bicyclic) bond motifs is 1. The van der Waals surface area contributed by atoms with Gasteiger partial charge in [0.15, 0.2) is 5.82 Å². The van der Waals surface area contributed by atoms with E-state index in [1.807, 2.05) is 40.8 Å². The zero-order chi connectivity index (χ0) is 9.42. The number of nitrogens with zero attached hydrogens (tertiary/aromatic N) is 1. The van der Waals surface area contributed by atoms with Crippen LogP contribution < -0.4 is 0 Å². The van der Waals surface area contributed by atoms with Crippen LogP contribution in [0.1, 0.15) is 0 Å². The second-order valence-corrected chi connectivity index (χ2v) is 3.95. The molecule has 1 nitrogen and oxygen atoms in total. The largest absolute Gasteiger partial charge is 0.239 e. The SMILES string of the molecule is Fc1c(I)nc2ccccc2c1Cl. The quantitative estimate of drug-likeness (QED) is 0.535. The average molecular weight is 307 g/mol. The third-order valence-electron chi connectivity index (χ3n) is 1.73. The van der Waals surface area contributed by atoms with E-state index < -0.39 is 5.82 Å². The molecule has 0 N–H and O–H groups in total. The van der Waals surface area contributed by atoms with E-state index in [-0.39, 0.29) is 5.02 Å². The van der Waals surface area contributed by atoms with Crippen LogP contribution >= 0.6 is 34.2 Å². The number of benzene rings is 1. The highest BCUT2D eigenvalue weighted by molar-refractivity contribution is 14.1. The molecule has 1 aromatic heterocycles. The number of para-hydroxylation sites is 1. The van der Waals surface area contributed by atoms with Gasteiger partial charge in [0.25, 0.3) is 0 Å². The van der Waals surface area contributed by atoms with Crippen LogP contribution in [-0.2, 0) is 0 Å². The summed E-state index contributed by atoms with van der Waals surface area (Å²) in [6.45, 7) is 0. The van der Waals surface area contributed by atoms with E-state index in [0.717, 1.165) is 5.52 Å². The maximum absolute atomic E-state index is 13.3. The molecule has 0 fully saturated rings. The normalized spacial score (nSPS) is 10.7. The molecule has 0 saturated heterocycles. The Labute approximate surface area is 93.1 Å². The Morgan fingerprint density at radius 1 is 1.31 bits per heavy atom. The smallest absolute Gasteiger partial charge is 0.174 e. The lowest BCUT2D eigenvalue weighted by molar-refractivity contribution is 0.615. The summed E-state index contributed by atoms with van der Waals surface area (Å²) >= 11 is 7.64. The first-order valence-corrected chi connectivity index (χ1v) is 5.05. The molecule has 0 unspecified atom stereocenters. The lowest BCUT2D eigenvalue weighted by atomic mass is 10.2. The first-order chi connectivity index (χ1) is 6.20. The first-order valence-electron chi connectivity index (χ1n) is 3.59. The highest BCUT2D eigenvalue weighted by atomic mass is 127. The van der Waals surface area contributed by atoms with Gasteiger partial charge in [-0.1, -0.05) is 29.8 Å². The standard InChI is InChI=1S/C9H4ClFIN/c10-7-5-3-1-2-4-6(5)13-9(12)8(7)11/h1-4H. The summed E-state index contributed by atoms with van der Waals surface area (Å²) in [5.41, 5.74) is 0.721. The van der Waals surface area contributed by atoms with Gasteiger partial charge in [-0.2, -0.15) is 0 Å². The molecular weight excluding hydrogens is 303 g/mol. The predicted molar refractivity (Wildman–Crippen MR) is 59.4 cm³/mol. The van der Waals surface area contributed by atoms with Crippen LogP contribution in [-0.4, -0.2) is 4.98 Å². The van der Waals surface area contributed by atoms with E-state index in [1.165, 1.54) is 0 Å². The van der Waals surface area contributed by atoms with E-state index in [4.69, 9.17) is 11.6 Å². The minimum absolute atomic E-state index is 0.148. The minimum atomic E-state index is -0.444. The predicted octanol–water partition coefficient (Wildman–Crippen LogP) is 3.63. The van der Waals surface area contributed by atoms with Gasteiger partial charge in [-0.05, 0) is 28.7 Å². The van der Waals surface area contributed by atoms with Gasteiger partial charge < -0.3 is 0 Å². The van der Waals surface area contributed by atoms with Gasteiger partial charge in [0.1, 0.15) is 3.70 Å². The van der Waals surface area contributed by atoms with Gasteiger partial charge in [-0.3, -0.25) is 0 Å². The molecule has 66 valence electrons. The minimum Gasteiger partial charge on any atom is -0.239 e. The Kier molecular flexibility index (Phi) is 2.38. The first kappa shape index (κ1) is 9.15.